The molecule has 1 atom stereocenters. The van der Waals surface area contributed by atoms with E-state index in [2.05, 4.69) is 35.0 Å². The number of benzene rings is 1. The monoisotopic (exact) mass is 223 g/mol. The molecule has 0 N–H and O–H groups in total. The van der Waals surface area contributed by atoms with E-state index in [1.807, 2.05) is 24.3 Å². The van der Waals surface area contributed by atoms with Gasteiger partial charge in [0.1, 0.15) is 6.61 Å². The molecule has 2 heteroatoms. The summed E-state index contributed by atoms with van der Waals surface area (Å²) in [5.41, 5.74) is 5.37. The average Bonchev–Trinajstić information content (AvgIpc) is 3.00. The summed E-state index contributed by atoms with van der Waals surface area (Å²) >= 11 is 0. The van der Waals surface area contributed by atoms with Gasteiger partial charge in [-0.2, -0.15) is 0 Å². The van der Waals surface area contributed by atoms with Gasteiger partial charge in [0.25, 0.3) is 0 Å². The summed E-state index contributed by atoms with van der Waals surface area (Å²) in [6, 6.07) is 10.6. The van der Waals surface area contributed by atoms with Crippen molar-refractivity contribution in [3.8, 4) is 0 Å². The molecule has 1 aliphatic carbocycles. The van der Waals surface area contributed by atoms with Crippen molar-refractivity contribution in [3.63, 3.8) is 0 Å². The fourth-order valence-corrected chi connectivity index (χ4v) is 2.02. The van der Waals surface area contributed by atoms with Crippen molar-refractivity contribution in [2.45, 2.75) is 12.5 Å². The highest BCUT2D eigenvalue weighted by Crippen LogP contribution is 2.16. The standard InChI is InChI=1S/C15H13NO/c1-2-6-12(7-3-1)10-14-11-17-15(16-14)13-8-4-5-9-13/h1-8,14H,10-11H2/t14-/m0/s1. The van der Waals surface area contributed by atoms with E-state index in [-0.39, 0.29) is 6.04 Å². The van der Waals surface area contributed by atoms with Gasteiger partial charge in [0.2, 0.25) is 5.90 Å². The highest BCUT2D eigenvalue weighted by molar-refractivity contribution is 5.97. The highest BCUT2D eigenvalue weighted by atomic mass is 16.5. The molecule has 0 bridgehead atoms. The number of rotatable bonds is 3. The molecule has 1 heterocycles. The SMILES string of the molecule is C1=CC=CC=1C1=N[C@@H](Cc2ccccc2)CO1. The Labute approximate surface area is 101 Å². The van der Waals surface area contributed by atoms with Crippen molar-refractivity contribution < 1.29 is 4.74 Å². The van der Waals surface area contributed by atoms with Crippen LogP contribution in [0.15, 0.2) is 64.9 Å². The maximum atomic E-state index is 5.60. The molecule has 2 nitrogen and oxygen atoms in total. The van der Waals surface area contributed by atoms with Crippen molar-refractivity contribution in [1.29, 1.82) is 0 Å². The van der Waals surface area contributed by atoms with Crippen LogP contribution >= 0.6 is 0 Å². The van der Waals surface area contributed by atoms with Crippen LogP contribution in [-0.2, 0) is 11.2 Å². The lowest BCUT2D eigenvalue weighted by Gasteiger charge is -2.03. The number of aliphatic imine (C=N–C) groups is 1. The van der Waals surface area contributed by atoms with Crippen LogP contribution in [0, 0.1) is 0 Å². The molecule has 2 aliphatic rings. The Balaban J connectivity index is 1.71. The van der Waals surface area contributed by atoms with Gasteiger partial charge in [0.15, 0.2) is 0 Å². The van der Waals surface area contributed by atoms with Crippen LogP contribution in [0.1, 0.15) is 5.56 Å². The maximum absolute atomic E-state index is 5.60. The fourth-order valence-electron chi connectivity index (χ4n) is 2.02. The zero-order chi connectivity index (χ0) is 11.5. The Hall–Kier alpha value is -2.05. The third kappa shape index (κ3) is 2.22. The van der Waals surface area contributed by atoms with E-state index in [9.17, 15) is 0 Å². The Morgan fingerprint density at radius 2 is 2.18 bits per heavy atom. The Morgan fingerprint density at radius 1 is 1.29 bits per heavy atom. The largest absolute Gasteiger partial charge is 0.475 e. The fraction of sp³-hybridized carbons (Fsp3) is 0.200. The van der Waals surface area contributed by atoms with E-state index in [1.165, 1.54) is 5.56 Å². The lowest BCUT2D eigenvalue weighted by Crippen LogP contribution is -2.09. The minimum absolute atomic E-state index is 0.232. The van der Waals surface area contributed by atoms with Crippen molar-refractivity contribution in [2.75, 3.05) is 6.61 Å². The van der Waals surface area contributed by atoms with Crippen LogP contribution < -0.4 is 0 Å². The van der Waals surface area contributed by atoms with Crippen molar-refractivity contribution >= 4 is 5.90 Å². The molecule has 0 spiro atoms. The van der Waals surface area contributed by atoms with E-state index in [4.69, 9.17) is 4.74 Å². The van der Waals surface area contributed by atoms with Crippen LogP contribution in [0.2, 0.25) is 0 Å². The molecular formula is C15H13NO. The second-order valence-electron chi connectivity index (χ2n) is 4.17. The van der Waals surface area contributed by atoms with Gasteiger partial charge in [0, 0.05) is 0 Å². The van der Waals surface area contributed by atoms with E-state index >= 15 is 0 Å². The second-order valence-corrected chi connectivity index (χ2v) is 4.17. The lowest BCUT2D eigenvalue weighted by atomic mass is 10.1. The Bertz CT molecular complexity index is 533. The number of allylic oxidation sites excluding steroid dienone is 1. The van der Waals surface area contributed by atoms with Crippen LogP contribution in [0.5, 0.6) is 0 Å². The molecule has 0 saturated carbocycles. The molecular weight excluding hydrogens is 210 g/mol. The molecule has 1 aromatic rings. The van der Waals surface area contributed by atoms with Crippen molar-refractivity contribution in [1.82, 2.24) is 0 Å². The minimum Gasteiger partial charge on any atom is -0.475 e. The van der Waals surface area contributed by atoms with Gasteiger partial charge >= 0.3 is 0 Å². The molecule has 3 rings (SSSR count). The van der Waals surface area contributed by atoms with Gasteiger partial charge in [-0.3, -0.25) is 0 Å². The van der Waals surface area contributed by atoms with Gasteiger partial charge in [-0.15, -0.1) is 5.73 Å². The highest BCUT2D eigenvalue weighted by Gasteiger charge is 2.21. The summed E-state index contributed by atoms with van der Waals surface area (Å²) in [6.45, 7) is 0.670. The number of hydrogen-bond donors (Lipinski definition) is 0. The third-order valence-electron chi connectivity index (χ3n) is 2.85. The first kappa shape index (κ1) is 10.1. The van der Waals surface area contributed by atoms with Crippen LogP contribution in [0.25, 0.3) is 0 Å². The summed E-state index contributed by atoms with van der Waals surface area (Å²) in [4.78, 5) is 4.59. The molecule has 0 saturated heterocycles. The van der Waals surface area contributed by atoms with Crippen LogP contribution in [-0.4, -0.2) is 18.5 Å². The molecule has 0 unspecified atom stereocenters. The first-order valence-corrected chi connectivity index (χ1v) is 5.80. The summed E-state index contributed by atoms with van der Waals surface area (Å²) in [6.07, 6.45) is 6.74. The molecule has 1 aliphatic heterocycles. The van der Waals surface area contributed by atoms with Crippen molar-refractivity contribution in [2.24, 2.45) is 4.99 Å². The number of hydrogen-bond acceptors (Lipinski definition) is 2. The molecule has 0 fully saturated rings. The Morgan fingerprint density at radius 3 is 2.94 bits per heavy atom. The third-order valence-corrected chi connectivity index (χ3v) is 2.85. The van der Waals surface area contributed by atoms with Crippen LogP contribution in [0.4, 0.5) is 0 Å². The number of nitrogens with zero attached hydrogens (tertiary/aromatic N) is 1. The minimum atomic E-state index is 0.232. The van der Waals surface area contributed by atoms with Gasteiger partial charge in [-0.25, -0.2) is 4.99 Å². The molecule has 0 radical (unpaired) electrons. The predicted molar refractivity (Wildman–Crippen MR) is 68.1 cm³/mol. The quantitative estimate of drug-likeness (QED) is 0.722. The van der Waals surface area contributed by atoms with E-state index in [0.717, 1.165) is 17.9 Å². The smallest absolute Gasteiger partial charge is 0.224 e. The summed E-state index contributed by atoms with van der Waals surface area (Å²) in [7, 11) is 0. The summed E-state index contributed by atoms with van der Waals surface area (Å²) in [5, 5.41) is 0. The van der Waals surface area contributed by atoms with Gasteiger partial charge in [-0.05, 0) is 24.1 Å². The first-order chi connectivity index (χ1) is 8.42. The van der Waals surface area contributed by atoms with Gasteiger partial charge < -0.3 is 4.74 Å². The van der Waals surface area contributed by atoms with E-state index in [0.29, 0.717) is 6.61 Å². The normalized spacial score (nSPS) is 21.3. The van der Waals surface area contributed by atoms with E-state index < -0.39 is 0 Å². The molecule has 0 aromatic heterocycles. The Kier molecular flexibility index (Phi) is 2.65. The second kappa shape index (κ2) is 4.44. The van der Waals surface area contributed by atoms with Gasteiger partial charge in [0.05, 0.1) is 11.6 Å². The number of ether oxygens (including phenoxy) is 1. The van der Waals surface area contributed by atoms with Gasteiger partial charge in [-0.1, -0.05) is 36.4 Å². The maximum Gasteiger partial charge on any atom is 0.224 e. The average molecular weight is 223 g/mol. The zero-order valence-electron chi connectivity index (χ0n) is 9.47. The summed E-state index contributed by atoms with van der Waals surface area (Å²) in [5.74, 6) is 0.732. The molecule has 84 valence electrons. The summed E-state index contributed by atoms with van der Waals surface area (Å²) < 4.78 is 5.60. The van der Waals surface area contributed by atoms with Crippen LogP contribution in [0.3, 0.4) is 0 Å². The topological polar surface area (TPSA) is 21.6 Å². The molecule has 1 aromatic carbocycles. The first-order valence-electron chi connectivity index (χ1n) is 5.80. The van der Waals surface area contributed by atoms with Crippen molar-refractivity contribution in [3.05, 3.63) is 65.4 Å². The zero-order valence-corrected chi connectivity index (χ0v) is 9.47. The predicted octanol–water partition coefficient (Wildman–Crippen LogP) is 2.68. The lowest BCUT2D eigenvalue weighted by molar-refractivity contribution is 0.317. The molecule has 0 amide bonds. The molecule has 17 heavy (non-hydrogen) atoms. The van der Waals surface area contributed by atoms with E-state index in [1.54, 1.807) is 0 Å².